The summed E-state index contributed by atoms with van der Waals surface area (Å²) in [5.41, 5.74) is 1.85. The van der Waals surface area contributed by atoms with E-state index in [1.165, 1.54) is 6.20 Å². The Hall–Kier alpha value is -2.44. The average Bonchev–Trinajstić information content (AvgIpc) is 2.42. The highest BCUT2D eigenvalue weighted by molar-refractivity contribution is 6.05. The Morgan fingerprint density at radius 1 is 1.48 bits per heavy atom. The van der Waals surface area contributed by atoms with Crippen LogP contribution in [0, 0.1) is 6.92 Å². The molecular weight excluding hydrogens is 272 g/mol. The van der Waals surface area contributed by atoms with Gasteiger partial charge in [-0.05, 0) is 26.3 Å². The lowest BCUT2D eigenvalue weighted by atomic mass is 10.1. The number of aryl methyl sites for hydroxylation is 1. The van der Waals surface area contributed by atoms with Gasteiger partial charge in [-0.15, -0.1) is 0 Å². The number of carbonyl (C=O) groups excluding carboxylic acids is 3. The predicted octanol–water partition coefficient (Wildman–Crippen LogP) is 0.357. The summed E-state index contributed by atoms with van der Waals surface area (Å²) in [5.74, 6) is -1.16. The standard InChI is InChI=1S/C14H18N4O3/c1-3-15-11-6-8(2)16-7-9(11)13(20)17-10-4-5-12(19)18-14(10)21/h6-7,10H,3-5H2,1-2H3,(H,15,16)(H,17,20)(H,18,19,21). The molecule has 2 rings (SSSR count). The van der Waals surface area contributed by atoms with Gasteiger partial charge in [0.15, 0.2) is 0 Å². The summed E-state index contributed by atoms with van der Waals surface area (Å²) >= 11 is 0. The monoisotopic (exact) mass is 290 g/mol. The van der Waals surface area contributed by atoms with Gasteiger partial charge in [0.1, 0.15) is 6.04 Å². The Bertz CT molecular complexity index is 586. The van der Waals surface area contributed by atoms with Crippen molar-refractivity contribution in [2.24, 2.45) is 0 Å². The summed E-state index contributed by atoms with van der Waals surface area (Å²) in [6, 6.07) is 1.09. The van der Waals surface area contributed by atoms with Crippen LogP contribution in [0.3, 0.4) is 0 Å². The van der Waals surface area contributed by atoms with Crippen LogP contribution in [0.5, 0.6) is 0 Å². The van der Waals surface area contributed by atoms with Crippen molar-refractivity contribution in [2.45, 2.75) is 32.7 Å². The van der Waals surface area contributed by atoms with Crippen molar-refractivity contribution in [3.05, 3.63) is 23.5 Å². The molecule has 0 radical (unpaired) electrons. The van der Waals surface area contributed by atoms with Gasteiger partial charge in [0.05, 0.1) is 11.3 Å². The fraction of sp³-hybridized carbons (Fsp3) is 0.429. The van der Waals surface area contributed by atoms with E-state index in [2.05, 4.69) is 20.9 Å². The highest BCUT2D eigenvalue weighted by Crippen LogP contribution is 2.16. The van der Waals surface area contributed by atoms with E-state index in [1.54, 1.807) is 6.07 Å². The van der Waals surface area contributed by atoms with Gasteiger partial charge >= 0.3 is 0 Å². The molecule has 1 atom stereocenters. The zero-order valence-corrected chi connectivity index (χ0v) is 12.0. The Kier molecular flexibility index (Phi) is 4.52. The first kappa shape index (κ1) is 15.0. The fourth-order valence-corrected chi connectivity index (χ4v) is 2.14. The number of nitrogens with one attached hydrogen (secondary N) is 3. The van der Waals surface area contributed by atoms with E-state index in [1.807, 2.05) is 13.8 Å². The van der Waals surface area contributed by atoms with Crippen molar-refractivity contribution in [3.63, 3.8) is 0 Å². The number of imide groups is 1. The SMILES string of the molecule is CCNc1cc(C)ncc1C(=O)NC1CCC(=O)NC1=O. The van der Waals surface area contributed by atoms with Gasteiger partial charge in [-0.2, -0.15) is 0 Å². The van der Waals surface area contributed by atoms with Crippen LogP contribution < -0.4 is 16.0 Å². The number of amides is 3. The molecule has 1 unspecified atom stereocenters. The number of nitrogens with zero attached hydrogens (tertiary/aromatic N) is 1. The van der Waals surface area contributed by atoms with E-state index in [0.29, 0.717) is 24.2 Å². The molecule has 0 aliphatic carbocycles. The molecule has 112 valence electrons. The molecule has 0 bridgehead atoms. The number of pyridine rings is 1. The molecule has 1 aliphatic rings. The third-order valence-electron chi connectivity index (χ3n) is 3.20. The zero-order chi connectivity index (χ0) is 15.4. The lowest BCUT2D eigenvalue weighted by Crippen LogP contribution is -2.52. The molecule has 1 aromatic heterocycles. The van der Waals surface area contributed by atoms with E-state index >= 15 is 0 Å². The van der Waals surface area contributed by atoms with Gasteiger partial charge in [0, 0.05) is 24.9 Å². The summed E-state index contributed by atoms with van der Waals surface area (Å²) in [4.78, 5) is 39.1. The zero-order valence-electron chi connectivity index (χ0n) is 12.0. The average molecular weight is 290 g/mol. The van der Waals surface area contributed by atoms with E-state index in [0.717, 1.165) is 5.69 Å². The molecular formula is C14H18N4O3. The number of hydrogen-bond acceptors (Lipinski definition) is 5. The summed E-state index contributed by atoms with van der Waals surface area (Å²) in [6.45, 7) is 4.43. The fourth-order valence-electron chi connectivity index (χ4n) is 2.14. The molecule has 7 nitrogen and oxygen atoms in total. The largest absolute Gasteiger partial charge is 0.385 e. The maximum atomic E-state index is 12.3. The molecule has 2 heterocycles. The van der Waals surface area contributed by atoms with Crippen molar-refractivity contribution in [3.8, 4) is 0 Å². The second-order valence-corrected chi connectivity index (χ2v) is 4.88. The molecule has 1 aromatic rings. The van der Waals surface area contributed by atoms with Gasteiger partial charge in [-0.25, -0.2) is 0 Å². The summed E-state index contributed by atoms with van der Waals surface area (Å²) < 4.78 is 0. The van der Waals surface area contributed by atoms with Gasteiger partial charge < -0.3 is 10.6 Å². The summed E-state index contributed by atoms with van der Waals surface area (Å²) in [7, 11) is 0. The van der Waals surface area contributed by atoms with Crippen LogP contribution in [0.25, 0.3) is 0 Å². The highest BCUT2D eigenvalue weighted by atomic mass is 16.2. The van der Waals surface area contributed by atoms with Crippen LogP contribution in [0.1, 0.15) is 35.8 Å². The molecule has 3 N–H and O–H groups in total. The van der Waals surface area contributed by atoms with E-state index in [-0.39, 0.29) is 18.2 Å². The van der Waals surface area contributed by atoms with Gasteiger partial charge in [0.25, 0.3) is 5.91 Å². The maximum absolute atomic E-state index is 12.3. The van der Waals surface area contributed by atoms with Crippen LogP contribution in [0.4, 0.5) is 5.69 Å². The summed E-state index contributed by atoms with van der Waals surface area (Å²) in [6.07, 6.45) is 2.02. The van der Waals surface area contributed by atoms with Gasteiger partial charge in [-0.1, -0.05) is 0 Å². The lowest BCUT2D eigenvalue weighted by Gasteiger charge is -2.22. The first-order valence-corrected chi connectivity index (χ1v) is 6.86. The molecule has 7 heteroatoms. The van der Waals surface area contributed by atoms with Crippen LogP contribution in [0.2, 0.25) is 0 Å². The van der Waals surface area contributed by atoms with E-state index < -0.39 is 11.9 Å². The van der Waals surface area contributed by atoms with Crippen LogP contribution in [-0.4, -0.2) is 35.3 Å². The first-order chi connectivity index (χ1) is 10.0. The second kappa shape index (κ2) is 6.34. The van der Waals surface area contributed by atoms with Crippen molar-refractivity contribution in [2.75, 3.05) is 11.9 Å². The smallest absolute Gasteiger partial charge is 0.255 e. The third kappa shape index (κ3) is 3.56. The normalized spacial score (nSPS) is 18.1. The van der Waals surface area contributed by atoms with Crippen molar-refractivity contribution in [1.82, 2.24) is 15.6 Å². The lowest BCUT2D eigenvalue weighted by molar-refractivity contribution is -0.134. The predicted molar refractivity (Wildman–Crippen MR) is 76.8 cm³/mol. The Balaban J connectivity index is 2.13. The van der Waals surface area contributed by atoms with Crippen molar-refractivity contribution < 1.29 is 14.4 Å². The second-order valence-electron chi connectivity index (χ2n) is 4.88. The third-order valence-corrected chi connectivity index (χ3v) is 3.20. The number of hydrogen-bond donors (Lipinski definition) is 3. The Morgan fingerprint density at radius 2 is 2.24 bits per heavy atom. The topological polar surface area (TPSA) is 100 Å². The molecule has 1 aliphatic heterocycles. The minimum Gasteiger partial charge on any atom is -0.385 e. The molecule has 1 fully saturated rings. The van der Waals surface area contributed by atoms with Crippen molar-refractivity contribution in [1.29, 1.82) is 0 Å². The number of anilines is 1. The number of carbonyl (C=O) groups is 3. The molecule has 0 spiro atoms. The van der Waals surface area contributed by atoms with Crippen molar-refractivity contribution >= 4 is 23.4 Å². The molecule has 0 aromatic carbocycles. The molecule has 1 saturated heterocycles. The minimum absolute atomic E-state index is 0.225. The summed E-state index contributed by atoms with van der Waals surface area (Å²) in [5, 5.41) is 7.95. The number of rotatable bonds is 4. The number of aromatic nitrogens is 1. The van der Waals surface area contributed by atoms with Gasteiger partial charge in [-0.3, -0.25) is 24.7 Å². The Morgan fingerprint density at radius 3 is 2.90 bits per heavy atom. The highest BCUT2D eigenvalue weighted by Gasteiger charge is 2.28. The quantitative estimate of drug-likeness (QED) is 0.695. The maximum Gasteiger partial charge on any atom is 0.255 e. The van der Waals surface area contributed by atoms with Gasteiger partial charge in [0.2, 0.25) is 11.8 Å². The molecule has 0 saturated carbocycles. The van der Waals surface area contributed by atoms with E-state index in [4.69, 9.17) is 0 Å². The minimum atomic E-state index is -0.689. The van der Waals surface area contributed by atoms with Crippen LogP contribution in [-0.2, 0) is 9.59 Å². The van der Waals surface area contributed by atoms with Crippen LogP contribution >= 0.6 is 0 Å². The van der Waals surface area contributed by atoms with Crippen LogP contribution in [0.15, 0.2) is 12.3 Å². The molecule has 3 amide bonds. The number of piperidine rings is 1. The molecule has 21 heavy (non-hydrogen) atoms. The van der Waals surface area contributed by atoms with E-state index in [9.17, 15) is 14.4 Å². The first-order valence-electron chi connectivity index (χ1n) is 6.86. The Labute approximate surface area is 122 Å².